The third kappa shape index (κ3) is 15.9. The lowest BCUT2D eigenvalue weighted by atomic mass is 10.1. The molecule has 1 N–H and O–H groups in total. The SMILES string of the molecule is COCCOCCOCCOCC(C)CNC(C)(C)C. The highest BCUT2D eigenvalue weighted by atomic mass is 16.6. The smallest absolute Gasteiger partial charge is 0.0701 e. The van der Waals surface area contributed by atoms with Gasteiger partial charge in [-0.25, -0.2) is 0 Å². The summed E-state index contributed by atoms with van der Waals surface area (Å²) in [5.41, 5.74) is 0.167. The summed E-state index contributed by atoms with van der Waals surface area (Å²) in [6, 6.07) is 0. The molecule has 122 valence electrons. The summed E-state index contributed by atoms with van der Waals surface area (Å²) in [5, 5.41) is 3.47. The van der Waals surface area contributed by atoms with Gasteiger partial charge in [0.2, 0.25) is 0 Å². The standard InChI is InChI=1S/C15H33NO4/c1-14(12-16-15(2,3)4)13-20-11-10-19-9-8-18-7-6-17-5/h14,16H,6-13H2,1-5H3. The summed E-state index contributed by atoms with van der Waals surface area (Å²) in [6.07, 6.45) is 0. The monoisotopic (exact) mass is 291 g/mol. The van der Waals surface area contributed by atoms with Crippen molar-refractivity contribution in [2.24, 2.45) is 5.92 Å². The summed E-state index contributed by atoms with van der Waals surface area (Å²) in [6.45, 7) is 14.1. The summed E-state index contributed by atoms with van der Waals surface area (Å²) in [5.74, 6) is 0.506. The van der Waals surface area contributed by atoms with Crippen LogP contribution in [0.3, 0.4) is 0 Å². The fraction of sp³-hybridized carbons (Fsp3) is 1.00. The molecule has 0 aromatic heterocycles. The van der Waals surface area contributed by atoms with Crippen LogP contribution in [0.5, 0.6) is 0 Å². The van der Waals surface area contributed by atoms with E-state index in [4.69, 9.17) is 18.9 Å². The van der Waals surface area contributed by atoms with E-state index in [1.165, 1.54) is 0 Å². The lowest BCUT2D eigenvalue weighted by Gasteiger charge is -2.23. The van der Waals surface area contributed by atoms with Gasteiger partial charge in [-0.1, -0.05) is 6.92 Å². The molecule has 0 aromatic rings. The number of nitrogens with one attached hydrogen (secondary N) is 1. The van der Waals surface area contributed by atoms with Gasteiger partial charge in [0, 0.05) is 19.2 Å². The molecule has 0 spiro atoms. The van der Waals surface area contributed by atoms with Gasteiger partial charge < -0.3 is 24.3 Å². The number of rotatable bonds is 13. The minimum atomic E-state index is 0.167. The maximum Gasteiger partial charge on any atom is 0.0701 e. The zero-order valence-electron chi connectivity index (χ0n) is 13.9. The number of ether oxygens (including phenoxy) is 4. The lowest BCUT2D eigenvalue weighted by molar-refractivity contribution is -0.000740. The molecule has 5 nitrogen and oxygen atoms in total. The zero-order chi connectivity index (χ0) is 15.3. The van der Waals surface area contributed by atoms with Crippen LogP contribution in [0.25, 0.3) is 0 Å². The van der Waals surface area contributed by atoms with Crippen molar-refractivity contribution in [2.45, 2.75) is 33.2 Å². The Labute approximate surface area is 124 Å². The van der Waals surface area contributed by atoms with Crippen LogP contribution in [0.15, 0.2) is 0 Å². The molecular formula is C15H33NO4. The van der Waals surface area contributed by atoms with E-state index in [0.29, 0.717) is 45.6 Å². The molecule has 0 saturated heterocycles. The fourth-order valence-electron chi connectivity index (χ4n) is 1.41. The van der Waals surface area contributed by atoms with Crippen LogP contribution in [0.2, 0.25) is 0 Å². The summed E-state index contributed by atoms with van der Waals surface area (Å²) in [4.78, 5) is 0. The Kier molecular flexibility index (Phi) is 12.4. The van der Waals surface area contributed by atoms with E-state index in [-0.39, 0.29) is 5.54 Å². The topological polar surface area (TPSA) is 49.0 Å². The van der Waals surface area contributed by atoms with Crippen molar-refractivity contribution >= 4 is 0 Å². The highest BCUT2D eigenvalue weighted by molar-refractivity contribution is 4.71. The van der Waals surface area contributed by atoms with E-state index in [9.17, 15) is 0 Å². The molecule has 0 heterocycles. The summed E-state index contributed by atoms with van der Waals surface area (Å²) in [7, 11) is 1.66. The van der Waals surface area contributed by atoms with Crippen LogP contribution >= 0.6 is 0 Å². The molecule has 0 aliphatic heterocycles. The van der Waals surface area contributed by atoms with E-state index in [0.717, 1.165) is 13.2 Å². The lowest BCUT2D eigenvalue weighted by Crippen LogP contribution is -2.39. The summed E-state index contributed by atoms with van der Waals surface area (Å²) < 4.78 is 21.1. The molecular weight excluding hydrogens is 258 g/mol. The minimum absolute atomic E-state index is 0.167. The number of hydrogen-bond acceptors (Lipinski definition) is 5. The number of methoxy groups -OCH3 is 1. The van der Waals surface area contributed by atoms with Gasteiger partial charge >= 0.3 is 0 Å². The first-order valence-electron chi connectivity index (χ1n) is 7.43. The van der Waals surface area contributed by atoms with Gasteiger partial charge in [-0.2, -0.15) is 0 Å². The van der Waals surface area contributed by atoms with E-state index >= 15 is 0 Å². The molecule has 0 aliphatic carbocycles. The van der Waals surface area contributed by atoms with Crippen LogP contribution in [0, 0.1) is 5.92 Å². The molecule has 20 heavy (non-hydrogen) atoms. The highest BCUT2D eigenvalue weighted by Crippen LogP contribution is 2.01. The predicted octanol–water partition coefficient (Wildman–Crippen LogP) is 1.71. The zero-order valence-corrected chi connectivity index (χ0v) is 13.9. The number of hydrogen-bond donors (Lipinski definition) is 1. The Morgan fingerprint density at radius 1 is 0.850 bits per heavy atom. The second-order valence-corrected chi connectivity index (χ2v) is 6.03. The minimum Gasteiger partial charge on any atom is -0.382 e. The average molecular weight is 291 g/mol. The third-order valence-corrected chi connectivity index (χ3v) is 2.56. The van der Waals surface area contributed by atoms with Gasteiger partial charge in [-0.05, 0) is 26.7 Å². The molecule has 1 atom stereocenters. The first kappa shape index (κ1) is 19.8. The van der Waals surface area contributed by atoms with E-state index in [1.54, 1.807) is 7.11 Å². The first-order chi connectivity index (χ1) is 9.45. The molecule has 0 bridgehead atoms. The average Bonchev–Trinajstić information content (AvgIpc) is 2.38. The Morgan fingerprint density at radius 2 is 1.35 bits per heavy atom. The Hall–Kier alpha value is -0.200. The van der Waals surface area contributed by atoms with Gasteiger partial charge in [0.25, 0.3) is 0 Å². The van der Waals surface area contributed by atoms with Gasteiger partial charge in [0.15, 0.2) is 0 Å². The van der Waals surface area contributed by atoms with Crippen molar-refractivity contribution in [3.63, 3.8) is 0 Å². The van der Waals surface area contributed by atoms with Crippen LogP contribution in [-0.4, -0.2) is 65.4 Å². The predicted molar refractivity (Wildman–Crippen MR) is 81.3 cm³/mol. The van der Waals surface area contributed by atoms with E-state index in [1.807, 2.05) is 0 Å². The van der Waals surface area contributed by atoms with Crippen LogP contribution in [-0.2, 0) is 18.9 Å². The molecule has 0 fully saturated rings. The normalized spacial score (nSPS) is 13.7. The quantitative estimate of drug-likeness (QED) is 0.524. The third-order valence-electron chi connectivity index (χ3n) is 2.56. The molecule has 5 heteroatoms. The highest BCUT2D eigenvalue weighted by Gasteiger charge is 2.10. The second kappa shape index (κ2) is 12.5. The largest absolute Gasteiger partial charge is 0.382 e. The van der Waals surface area contributed by atoms with E-state index < -0.39 is 0 Å². The first-order valence-corrected chi connectivity index (χ1v) is 7.43. The van der Waals surface area contributed by atoms with Gasteiger partial charge in [0.05, 0.1) is 46.2 Å². The molecule has 0 radical (unpaired) electrons. The van der Waals surface area contributed by atoms with Crippen LogP contribution in [0.1, 0.15) is 27.7 Å². The maximum absolute atomic E-state index is 5.58. The summed E-state index contributed by atoms with van der Waals surface area (Å²) >= 11 is 0. The van der Waals surface area contributed by atoms with Crippen molar-refractivity contribution in [3.8, 4) is 0 Å². The molecule has 0 rings (SSSR count). The van der Waals surface area contributed by atoms with Crippen molar-refractivity contribution in [1.29, 1.82) is 0 Å². The Bertz CT molecular complexity index is 207. The van der Waals surface area contributed by atoms with Crippen LogP contribution < -0.4 is 5.32 Å². The molecule has 1 unspecified atom stereocenters. The van der Waals surface area contributed by atoms with Crippen molar-refractivity contribution in [1.82, 2.24) is 5.32 Å². The van der Waals surface area contributed by atoms with Crippen molar-refractivity contribution < 1.29 is 18.9 Å². The Balaban J connectivity index is 3.19. The molecule has 0 aromatic carbocycles. The molecule has 0 aliphatic rings. The van der Waals surface area contributed by atoms with Crippen molar-refractivity contribution in [3.05, 3.63) is 0 Å². The fourth-order valence-corrected chi connectivity index (χ4v) is 1.41. The van der Waals surface area contributed by atoms with Crippen LogP contribution in [0.4, 0.5) is 0 Å². The van der Waals surface area contributed by atoms with Gasteiger partial charge in [-0.3, -0.25) is 0 Å². The molecule has 0 saturated carbocycles. The van der Waals surface area contributed by atoms with Gasteiger partial charge in [-0.15, -0.1) is 0 Å². The van der Waals surface area contributed by atoms with E-state index in [2.05, 4.69) is 33.0 Å². The van der Waals surface area contributed by atoms with Gasteiger partial charge in [0.1, 0.15) is 0 Å². The molecule has 0 amide bonds. The second-order valence-electron chi connectivity index (χ2n) is 6.03. The maximum atomic E-state index is 5.58. The van der Waals surface area contributed by atoms with Crippen molar-refractivity contribution in [2.75, 3.05) is 59.9 Å². The Morgan fingerprint density at radius 3 is 1.85 bits per heavy atom.